The Hall–Kier alpha value is -3.09. The number of hydrogen-bond acceptors (Lipinski definition) is 4. The number of aliphatic hydroxyl groups is 1. The third-order valence-corrected chi connectivity index (χ3v) is 8.03. The van der Waals surface area contributed by atoms with Crippen molar-refractivity contribution in [2.24, 2.45) is 5.92 Å². The summed E-state index contributed by atoms with van der Waals surface area (Å²) in [5.74, 6) is -0.249. The molecule has 1 amide bonds. The quantitative estimate of drug-likeness (QED) is 0.403. The highest BCUT2D eigenvalue weighted by Gasteiger charge is 2.50. The highest BCUT2D eigenvalue weighted by Crippen LogP contribution is 2.52. The molecule has 0 saturated carbocycles. The topological polar surface area (TPSA) is 60.8 Å². The van der Waals surface area contributed by atoms with Gasteiger partial charge in [-0.05, 0) is 66.8 Å². The summed E-state index contributed by atoms with van der Waals surface area (Å²) in [6, 6.07) is 22.8. The lowest BCUT2D eigenvalue weighted by Crippen LogP contribution is -2.61. The van der Waals surface area contributed by atoms with Gasteiger partial charge in [-0.25, -0.2) is 4.39 Å². The Bertz CT molecular complexity index is 1200. The number of carbonyl (C=O) groups excluding carboxylic acids is 1. The molecule has 6 heteroatoms. The summed E-state index contributed by atoms with van der Waals surface area (Å²) >= 11 is 1.74. The summed E-state index contributed by atoms with van der Waals surface area (Å²) < 4.78 is 13.2. The number of nitrogens with zero attached hydrogens (tertiary/aromatic N) is 1. The molecule has 2 aliphatic rings. The third kappa shape index (κ3) is 4.48. The van der Waals surface area contributed by atoms with Crippen LogP contribution in [-0.2, 0) is 4.79 Å². The first-order valence-corrected chi connectivity index (χ1v) is 12.4. The van der Waals surface area contributed by atoms with Crippen LogP contribution in [0.5, 0.6) is 5.75 Å². The van der Waals surface area contributed by atoms with Crippen molar-refractivity contribution in [3.63, 3.8) is 0 Å². The van der Waals surface area contributed by atoms with Gasteiger partial charge in [0.15, 0.2) is 0 Å². The molecule has 2 N–H and O–H groups in total. The minimum atomic E-state index is -0.745. The van der Waals surface area contributed by atoms with Crippen molar-refractivity contribution in [2.75, 3.05) is 4.90 Å². The molecule has 4 nitrogen and oxygen atoms in total. The molecule has 2 heterocycles. The molecule has 0 aliphatic carbocycles. The summed E-state index contributed by atoms with van der Waals surface area (Å²) in [5.41, 5.74) is 2.59. The van der Waals surface area contributed by atoms with Gasteiger partial charge in [0.25, 0.3) is 0 Å². The molecule has 2 aliphatic heterocycles. The van der Waals surface area contributed by atoms with E-state index in [-0.39, 0.29) is 34.7 Å². The molecule has 0 bridgehead atoms. The number of aromatic hydroxyl groups is 1. The van der Waals surface area contributed by atoms with E-state index in [1.165, 1.54) is 12.1 Å². The van der Waals surface area contributed by atoms with E-state index in [1.807, 2.05) is 47.4 Å². The maximum Gasteiger partial charge on any atom is 0.233 e. The van der Waals surface area contributed by atoms with Gasteiger partial charge in [-0.15, -0.1) is 11.8 Å². The molecular formula is C28H26FNO3S. The molecule has 3 aromatic rings. The van der Waals surface area contributed by atoms with Crippen molar-refractivity contribution in [2.45, 2.75) is 36.7 Å². The normalized spacial score (nSPS) is 22.9. The number of anilines is 1. The molecule has 1 fully saturated rings. The Balaban J connectivity index is 1.33. The number of amides is 1. The SMILES string of the molecule is O=C1[C@H](CC[C@H](O)c2ccc(F)cc2)[C@@H](C2=CCC(c3cccc(O)c3)S2)N1c1ccccc1. The third-order valence-electron chi connectivity index (χ3n) is 6.60. The number of allylic oxidation sites excluding steroid dienone is 1. The zero-order valence-electron chi connectivity index (χ0n) is 18.5. The Labute approximate surface area is 202 Å². The van der Waals surface area contributed by atoms with Gasteiger partial charge < -0.3 is 15.1 Å². The van der Waals surface area contributed by atoms with Crippen LogP contribution in [0.15, 0.2) is 89.8 Å². The van der Waals surface area contributed by atoms with Crippen LogP contribution in [0.25, 0.3) is 0 Å². The maximum atomic E-state index is 13.2. The van der Waals surface area contributed by atoms with E-state index in [4.69, 9.17) is 0 Å². The summed E-state index contributed by atoms with van der Waals surface area (Å²) in [7, 11) is 0. The minimum absolute atomic E-state index is 0.0600. The highest BCUT2D eigenvalue weighted by atomic mass is 32.2. The van der Waals surface area contributed by atoms with E-state index < -0.39 is 6.10 Å². The highest BCUT2D eigenvalue weighted by molar-refractivity contribution is 8.03. The second-order valence-electron chi connectivity index (χ2n) is 8.78. The molecule has 174 valence electrons. The van der Waals surface area contributed by atoms with Crippen LogP contribution in [-0.4, -0.2) is 22.2 Å². The predicted molar refractivity (Wildman–Crippen MR) is 133 cm³/mol. The maximum absolute atomic E-state index is 13.2. The van der Waals surface area contributed by atoms with Gasteiger partial charge in [0.1, 0.15) is 11.6 Å². The van der Waals surface area contributed by atoms with E-state index >= 15 is 0 Å². The second-order valence-corrected chi connectivity index (χ2v) is 10.1. The smallest absolute Gasteiger partial charge is 0.233 e. The number of thioether (sulfide) groups is 1. The zero-order valence-corrected chi connectivity index (χ0v) is 19.4. The molecule has 0 aromatic heterocycles. The first kappa shape index (κ1) is 22.7. The van der Waals surface area contributed by atoms with Gasteiger partial charge in [0, 0.05) is 15.8 Å². The number of β-lactam (4-membered cyclic amide) rings is 1. The van der Waals surface area contributed by atoms with Gasteiger partial charge in [-0.2, -0.15) is 0 Å². The van der Waals surface area contributed by atoms with Crippen molar-refractivity contribution in [3.05, 3.63) is 107 Å². The average Bonchev–Trinajstić information content (AvgIpc) is 3.33. The van der Waals surface area contributed by atoms with E-state index in [0.29, 0.717) is 18.4 Å². The molecule has 0 radical (unpaired) electrons. The van der Waals surface area contributed by atoms with Crippen molar-refractivity contribution >= 4 is 23.4 Å². The molecule has 3 aromatic carbocycles. The van der Waals surface area contributed by atoms with Gasteiger partial charge in [-0.1, -0.05) is 48.5 Å². The number of carbonyl (C=O) groups is 1. The van der Waals surface area contributed by atoms with Crippen molar-refractivity contribution in [1.29, 1.82) is 0 Å². The number of halogens is 1. The van der Waals surface area contributed by atoms with Gasteiger partial charge in [-0.3, -0.25) is 4.79 Å². The zero-order chi connectivity index (χ0) is 23.7. The fourth-order valence-corrected chi connectivity index (χ4v) is 6.23. The number of hydrogen-bond donors (Lipinski definition) is 2. The number of benzene rings is 3. The molecule has 5 rings (SSSR count). The molecular weight excluding hydrogens is 449 g/mol. The first-order chi connectivity index (χ1) is 16.5. The Morgan fingerprint density at radius 1 is 1.03 bits per heavy atom. The summed E-state index contributed by atoms with van der Waals surface area (Å²) in [6.45, 7) is 0. The molecule has 34 heavy (non-hydrogen) atoms. The monoisotopic (exact) mass is 475 g/mol. The Kier molecular flexibility index (Phi) is 6.44. The number of aliphatic hydroxyl groups excluding tert-OH is 1. The van der Waals surface area contributed by atoms with Crippen LogP contribution in [0.1, 0.15) is 41.7 Å². The number of phenols is 1. The van der Waals surface area contributed by atoms with Crippen LogP contribution in [0, 0.1) is 11.7 Å². The van der Waals surface area contributed by atoms with Crippen molar-refractivity contribution in [1.82, 2.24) is 0 Å². The molecule has 4 atom stereocenters. The van der Waals surface area contributed by atoms with E-state index in [1.54, 1.807) is 36.0 Å². The van der Waals surface area contributed by atoms with Crippen LogP contribution in [0.3, 0.4) is 0 Å². The lowest BCUT2D eigenvalue weighted by Gasteiger charge is -2.48. The lowest BCUT2D eigenvalue weighted by molar-refractivity contribution is -0.129. The fourth-order valence-electron chi connectivity index (χ4n) is 4.82. The van der Waals surface area contributed by atoms with Crippen LogP contribution >= 0.6 is 11.8 Å². The van der Waals surface area contributed by atoms with E-state index in [0.717, 1.165) is 22.6 Å². The lowest BCUT2D eigenvalue weighted by atomic mass is 9.81. The van der Waals surface area contributed by atoms with E-state index in [2.05, 4.69) is 6.08 Å². The molecule has 0 spiro atoms. The van der Waals surface area contributed by atoms with Gasteiger partial charge in [0.2, 0.25) is 5.91 Å². The van der Waals surface area contributed by atoms with Gasteiger partial charge in [0.05, 0.1) is 18.1 Å². The predicted octanol–water partition coefficient (Wildman–Crippen LogP) is 6.14. The Morgan fingerprint density at radius 3 is 2.53 bits per heavy atom. The Morgan fingerprint density at radius 2 is 1.79 bits per heavy atom. The number of rotatable bonds is 7. The summed E-state index contributed by atoms with van der Waals surface area (Å²) in [5, 5.41) is 20.7. The van der Waals surface area contributed by atoms with Crippen molar-refractivity contribution in [3.8, 4) is 5.75 Å². The van der Waals surface area contributed by atoms with E-state index in [9.17, 15) is 19.4 Å². The average molecular weight is 476 g/mol. The van der Waals surface area contributed by atoms with Crippen LogP contribution in [0.2, 0.25) is 0 Å². The van der Waals surface area contributed by atoms with Crippen molar-refractivity contribution < 1.29 is 19.4 Å². The summed E-state index contributed by atoms with van der Waals surface area (Å²) in [4.78, 5) is 16.3. The molecule has 1 unspecified atom stereocenters. The fraction of sp³-hybridized carbons (Fsp3) is 0.250. The number of para-hydroxylation sites is 1. The first-order valence-electron chi connectivity index (χ1n) is 11.5. The minimum Gasteiger partial charge on any atom is -0.508 e. The summed E-state index contributed by atoms with van der Waals surface area (Å²) in [6.07, 6.45) is 3.26. The van der Waals surface area contributed by atoms with Crippen LogP contribution in [0.4, 0.5) is 10.1 Å². The largest absolute Gasteiger partial charge is 0.508 e. The molecule has 1 saturated heterocycles. The second kappa shape index (κ2) is 9.65. The number of phenolic OH excluding ortho intramolecular Hbond substituents is 1. The van der Waals surface area contributed by atoms with Crippen LogP contribution < -0.4 is 4.90 Å². The standard InChI is InChI=1S/C28H26FNO3S/c29-20-11-9-18(10-12-20)24(32)14-13-23-27(30(28(23)33)21-6-2-1-3-7-21)26-16-15-25(34-26)19-5-4-8-22(31)17-19/h1-12,16-17,23-25,27,31-32H,13-15H2/t23-,24+,25?,27+/m1/s1. The van der Waals surface area contributed by atoms with Gasteiger partial charge >= 0.3 is 0 Å².